The summed E-state index contributed by atoms with van der Waals surface area (Å²) in [5.74, 6) is 0.0460. The van der Waals surface area contributed by atoms with Gasteiger partial charge in [0.25, 0.3) is 0 Å². The molecule has 0 saturated heterocycles. The Morgan fingerprint density at radius 1 is 1.30 bits per heavy atom. The van der Waals surface area contributed by atoms with Crippen molar-refractivity contribution in [3.8, 4) is 5.69 Å². The van der Waals surface area contributed by atoms with Crippen molar-refractivity contribution in [1.82, 2.24) is 15.0 Å². The molecule has 0 saturated carbocycles. The number of fused-ring (bicyclic) bond motifs is 1. The molecule has 102 valence electrons. The largest absolute Gasteiger partial charge is 0.292 e. The smallest absolute Gasteiger partial charge is 0.184 e. The zero-order valence-corrected chi connectivity index (χ0v) is 12.3. The first kappa shape index (κ1) is 13.0. The van der Waals surface area contributed by atoms with Crippen LogP contribution in [-0.2, 0) is 6.42 Å². The molecule has 0 aliphatic carbocycles. The van der Waals surface area contributed by atoms with E-state index in [9.17, 15) is 4.79 Å². The lowest BCUT2D eigenvalue weighted by Crippen LogP contribution is -2.05. The predicted molar refractivity (Wildman–Crippen MR) is 80.7 cm³/mol. The minimum absolute atomic E-state index is 0.0460. The lowest BCUT2D eigenvalue weighted by atomic mass is 10.1. The SMILES string of the molecule is CCC(=O)c1nnn(-c2ccc3sccc3c2)c1CC. The Kier molecular flexibility index (Phi) is 3.36. The minimum atomic E-state index is 0.0460. The van der Waals surface area contributed by atoms with Crippen LogP contribution >= 0.6 is 11.3 Å². The van der Waals surface area contributed by atoms with Crippen LogP contribution in [0.5, 0.6) is 0 Å². The van der Waals surface area contributed by atoms with E-state index in [2.05, 4.69) is 33.9 Å². The fourth-order valence-corrected chi connectivity index (χ4v) is 3.07. The summed E-state index contributed by atoms with van der Waals surface area (Å²) in [5.41, 5.74) is 2.34. The molecule has 20 heavy (non-hydrogen) atoms. The number of benzene rings is 1. The Morgan fingerprint density at radius 2 is 2.15 bits per heavy atom. The van der Waals surface area contributed by atoms with Gasteiger partial charge in [0.05, 0.1) is 11.4 Å². The zero-order valence-electron chi connectivity index (χ0n) is 11.5. The first-order valence-electron chi connectivity index (χ1n) is 6.70. The molecular formula is C15H15N3OS. The van der Waals surface area contributed by atoms with Crippen LogP contribution in [0.15, 0.2) is 29.6 Å². The molecule has 0 amide bonds. The summed E-state index contributed by atoms with van der Waals surface area (Å²) in [6.45, 7) is 3.86. The predicted octanol–water partition coefficient (Wildman–Crippen LogP) is 3.64. The van der Waals surface area contributed by atoms with Gasteiger partial charge < -0.3 is 0 Å². The third-order valence-electron chi connectivity index (χ3n) is 3.36. The first-order chi connectivity index (χ1) is 9.74. The number of rotatable bonds is 4. The van der Waals surface area contributed by atoms with Crippen molar-refractivity contribution in [2.45, 2.75) is 26.7 Å². The fraction of sp³-hybridized carbons (Fsp3) is 0.267. The summed E-state index contributed by atoms with van der Waals surface area (Å²) in [5, 5.41) is 11.5. The number of aromatic nitrogens is 3. The first-order valence-corrected chi connectivity index (χ1v) is 7.58. The van der Waals surface area contributed by atoms with Gasteiger partial charge in [-0.25, -0.2) is 4.68 Å². The van der Waals surface area contributed by atoms with E-state index in [0.717, 1.165) is 17.8 Å². The van der Waals surface area contributed by atoms with E-state index in [-0.39, 0.29) is 5.78 Å². The molecule has 0 radical (unpaired) electrons. The highest BCUT2D eigenvalue weighted by Gasteiger charge is 2.17. The standard InChI is InChI=1S/C15H15N3OS/c1-3-12-15(13(19)4-2)16-17-18(12)11-5-6-14-10(9-11)7-8-20-14/h5-9H,3-4H2,1-2H3. The zero-order chi connectivity index (χ0) is 14.1. The van der Waals surface area contributed by atoms with E-state index in [0.29, 0.717) is 12.1 Å². The number of thiophene rings is 1. The average molecular weight is 285 g/mol. The maximum Gasteiger partial charge on any atom is 0.184 e. The van der Waals surface area contributed by atoms with E-state index in [4.69, 9.17) is 0 Å². The molecule has 2 heterocycles. The summed E-state index contributed by atoms with van der Waals surface area (Å²) in [4.78, 5) is 11.9. The highest BCUT2D eigenvalue weighted by molar-refractivity contribution is 7.17. The molecule has 3 aromatic rings. The molecule has 0 fully saturated rings. The number of carbonyl (C=O) groups excluding carboxylic acids is 1. The lowest BCUT2D eigenvalue weighted by Gasteiger charge is -2.05. The van der Waals surface area contributed by atoms with E-state index in [1.165, 1.54) is 10.1 Å². The molecule has 0 unspecified atom stereocenters. The molecule has 4 nitrogen and oxygen atoms in total. The van der Waals surface area contributed by atoms with Crippen LogP contribution < -0.4 is 0 Å². The molecule has 2 aromatic heterocycles. The molecule has 5 heteroatoms. The Balaban J connectivity index is 2.13. The Labute approximate surface area is 121 Å². The van der Waals surface area contributed by atoms with E-state index < -0.39 is 0 Å². The highest BCUT2D eigenvalue weighted by atomic mass is 32.1. The average Bonchev–Trinajstić information content (AvgIpc) is 3.11. The monoisotopic (exact) mass is 285 g/mol. The topological polar surface area (TPSA) is 47.8 Å². The van der Waals surface area contributed by atoms with Gasteiger partial charge in [0, 0.05) is 11.1 Å². The van der Waals surface area contributed by atoms with Crippen molar-refractivity contribution < 1.29 is 4.79 Å². The van der Waals surface area contributed by atoms with Crippen LogP contribution in [0.25, 0.3) is 15.8 Å². The van der Waals surface area contributed by atoms with Gasteiger partial charge in [-0.05, 0) is 41.5 Å². The van der Waals surface area contributed by atoms with Crippen molar-refractivity contribution in [2.75, 3.05) is 0 Å². The second-order valence-corrected chi connectivity index (χ2v) is 5.52. The quantitative estimate of drug-likeness (QED) is 0.688. The second-order valence-electron chi connectivity index (χ2n) is 4.57. The van der Waals surface area contributed by atoms with Crippen LogP contribution in [0, 0.1) is 0 Å². The summed E-state index contributed by atoms with van der Waals surface area (Å²) >= 11 is 1.72. The summed E-state index contributed by atoms with van der Waals surface area (Å²) in [6.07, 6.45) is 1.19. The van der Waals surface area contributed by atoms with Gasteiger partial charge in [0.15, 0.2) is 11.5 Å². The van der Waals surface area contributed by atoms with Crippen molar-refractivity contribution in [1.29, 1.82) is 0 Å². The molecule has 0 N–H and O–H groups in total. The molecule has 0 aliphatic rings. The fourth-order valence-electron chi connectivity index (χ4n) is 2.30. The summed E-state index contributed by atoms with van der Waals surface area (Å²) < 4.78 is 3.02. The second kappa shape index (κ2) is 5.17. The molecule has 0 atom stereocenters. The van der Waals surface area contributed by atoms with Gasteiger partial charge in [0.1, 0.15) is 0 Å². The number of nitrogens with zero attached hydrogens (tertiary/aromatic N) is 3. The van der Waals surface area contributed by atoms with E-state index >= 15 is 0 Å². The molecule has 3 rings (SSSR count). The van der Waals surface area contributed by atoms with E-state index in [1.807, 2.05) is 19.9 Å². The molecule has 1 aromatic carbocycles. The number of hydrogen-bond acceptors (Lipinski definition) is 4. The van der Waals surface area contributed by atoms with Gasteiger partial charge in [-0.3, -0.25) is 4.79 Å². The lowest BCUT2D eigenvalue weighted by molar-refractivity contribution is 0.0982. The van der Waals surface area contributed by atoms with Gasteiger partial charge in [-0.1, -0.05) is 19.1 Å². The molecule has 0 spiro atoms. The minimum Gasteiger partial charge on any atom is -0.292 e. The molecule has 0 bridgehead atoms. The van der Waals surface area contributed by atoms with Crippen LogP contribution in [0.2, 0.25) is 0 Å². The van der Waals surface area contributed by atoms with Gasteiger partial charge >= 0.3 is 0 Å². The van der Waals surface area contributed by atoms with Crippen molar-refractivity contribution >= 4 is 27.2 Å². The van der Waals surface area contributed by atoms with E-state index in [1.54, 1.807) is 16.0 Å². The van der Waals surface area contributed by atoms with Crippen LogP contribution in [0.4, 0.5) is 0 Å². The Bertz CT molecular complexity index is 772. The molecule has 0 aliphatic heterocycles. The number of carbonyl (C=O) groups is 1. The number of hydrogen-bond donors (Lipinski definition) is 0. The van der Waals surface area contributed by atoms with Crippen LogP contribution in [-0.4, -0.2) is 20.8 Å². The third-order valence-corrected chi connectivity index (χ3v) is 4.26. The van der Waals surface area contributed by atoms with Gasteiger partial charge in [-0.2, -0.15) is 0 Å². The summed E-state index contributed by atoms with van der Waals surface area (Å²) in [6, 6.07) is 8.27. The number of Topliss-reactive ketones (excluding diaryl/α,β-unsaturated/α-hetero) is 1. The normalized spacial score (nSPS) is 11.1. The molecular weight excluding hydrogens is 270 g/mol. The van der Waals surface area contributed by atoms with Crippen LogP contribution in [0.1, 0.15) is 36.5 Å². The summed E-state index contributed by atoms with van der Waals surface area (Å²) in [7, 11) is 0. The van der Waals surface area contributed by atoms with Gasteiger partial charge in [0.2, 0.25) is 0 Å². The van der Waals surface area contributed by atoms with Crippen molar-refractivity contribution in [2.24, 2.45) is 0 Å². The van der Waals surface area contributed by atoms with Crippen LogP contribution in [0.3, 0.4) is 0 Å². The third kappa shape index (κ3) is 2.04. The maximum absolute atomic E-state index is 11.9. The van der Waals surface area contributed by atoms with Gasteiger partial charge in [-0.15, -0.1) is 16.4 Å². The van der Waals surface area contributed by atoms with Crippen molar-refractivity contribution in [3.05, 3.63) is 41.0 Å². The maximum atomic E-state index is 11.9. The highest BCUT2D eigenvalue weighted by Crippen LogP contribution is 2.24. The van der Waals surface area contributed by atoms with Crippen molar-refractivity contribution in [3.63, 3.8) is 0 Å². The Morgan fingerprint density at radius 3 is 2.90 bits per heavy atom. The Hall–Kier alpha value is -2.01. The number of ketones is 1.